The standard InChI is InChI=1S/C21H30N2O5/c1-14(12-24)11-23-17-9-15-5-7-22(20(26)28-21(2,3)4)8-6-16(15)10-18(17)27-13-19(23)25/h9-10,14,24H,5-8,11-13H2,1-4H3/t14-/m1/s1. The van der Waals surface area contributed by atoms with Crippen molar-refractivity contribution in [3.05, 3.63) is 23.3 Å². The number of rotatable bonds is 3. The van der Waals surface area contributed by atoms with Crippen molar-refractivity contribution in [2.24, 2.45) is 5.92 Å². The molecule has 0 saturated heterocycles. The van der Waals surface area contributed by atoms with Crippen LogP contribution in [0.15, 0.2) is 12.1 Å². The summed E-state index contributed by atoms with van der Waals surface area (Å²) >= 11 is 0. The minimum Gasteiger partial charge on any atom is -0.482 e. The summed E-state index contributed by atoms with van der Waals surface area (Å²) in [6.45, 7) is 9.14. The van der Waals surface area contributed by atoms with E-state index in [0.29, 0.717) is 38.2 Å². The molecule has 2 aliphatic heterocycles. The van der Waals surface area contributed by atoms with Crippen LogP contribution in [0.4, 0.5) is 10.5 Å². The van der Waals surface area contributed by atoms with Crippen molar-refractivity contribution in [3.63, 3.8) is 0 Å². The Morgan fingerprint density at radius 3 is 2.50 bits per heavy atom. The second-order valence-corrected chi connectivity index (χ2v) is 8.64. The van der Waals surface area contributed by atoms with Crippen LogP contribution in [-0.2, 0) is 22.4 Å². The first-order chi connectivity index (χ1) is 13.2. The molecular formula is C21H30N2O5. The van der Waals surface area contributed by atoms with Gasteiger partial charge in [0.25, 0.3) is 5.91 Å². The van der Waals surface area contributed by atoms with Gasteiger partial charge in [-0.3, -0.25) is 4.79 Å². The zero-order chi connectivity index (χ0) is 20.5. The Balaban J connectivity index is 1.81. The van der Waals surface area contributed by atoms with Gasteiger partial charge in [-0.05, 0) is 62.8 Å². The van der Waals surface area contributed by atoms with Crippen LogP contribution < -0.4 is 9.64 Å². The number of fused-ring (bicyclic) bond motifs is 2. The average molecular weight is 390 g/mol. The summed E-state index contributed by atoms with van der Waals surface area (Å²) in [6.07, 6.45) is 1.11. The fourth-order valence-corrected chi connectivity index (χ4v) is 3.50. The van der Waals surface area contributed by atoms with E-state index in [-0.39, 0.29) is 31.1 Å². The molecule has 2 amide bonds. The highest BCUT2D eigenvalue weighted by Crippen LogP contribution is 2.36. The van der Waals surface area contributed by atoms with Crippen molar-refractivity contribution in [1.29, 1.82) is 0 Å². The molecule has 0 bridgehead atoms. The highest BCUT2D eigenvalue weighted by molar-refractivity contribution is 5.98. The normalized spacial score (nSPS) is 18.0. The van der Waals surface area contributed by atoms with E-state index < -0.39 is 5.60 Å². The van der Waals surface area contributed by atoms with E-state index in [0.717, 1.165) is 16.8 Å². The molecule has 0 aromatic heterocycles. The number of aliphatic hydroxyl groups excluding tert-OH is 1. The van der Waals surface area contributed by atoms with E-state index in [4.69, 9.17) is 9.47 Å². The van der Waals surface area contributed by atoms with Gasteiger partial charge in [-0.25, -0.2) is 4.79 Å². The van der Waals surface area contributed by atoms with Gasteiger partial charge in [-0.15, -0.1) is 0 Å². The number of amides is 2. The topological polar surface area (TPSA) is 79.3 Å². The first-order valence-electron chi connectivity index (χ1n) is 9.85. The lowest BCUT2D eigenvalue weighted by molar-refractivity contribution is -0.121. The summed E-state index contributed by atoms with van der Waals surface area (Å²) in [6, 6.07) is 4.00. The first kappa shape index (κ1) is 20.5. The number of carbonyl (C=O) groups excluding carboxylic acids is 2. The Kier molecular flexibility index (Phi) is 5.84. The molecule has 0 saturated carbocycles. The van der Waals surface area contributed by atoms with Gasteiger partial charge in [0.2, 0.25) is 0 Å². The third-order valence-electron chi connectivity index (χ3n) is 4.98. The van der Waals surface area contributed by atoms with Gasteiger partial charge >= 0.3 is 6.09 Å². The SMILES string of the molecule is C[C@@H](CO)CN1C(=O)COc2cc3c(cc21)CCN(C(=O)OC(C)(C)C)CC3. The number of benzene rings is 1. The average Bonchev–Trinajstić information content (AvgIpc) is 2.83. The van der Waals surface area contributed by atoms with Crippen molar-refractivity contribution < 1.29 is 24.2 Å². The number of nitrogens with zero attached hydrogens (tertiary/aromatic N) is 2. The molecule has 0 aliphatic carbocycles. The molecule has 2 aliphatic rings. The Labute approximate surface area is 166 Å². The van der Waals surface area contributed by atoms with Crippen LogP contribution >= 0.6 is 0 Å². The van der Waals surface area contributed by atoms with E-state index in [1.807, 2.05) is 39.8 Å². The van der Waals surface area contributed by atoms with Gasteiger partial charge < -0.3 is 24.4 Å². The third kappa shape index (κ3) is 4.58. The maximum Gasteiger partial charge on any atom is 0.410 e. The minimum atomic E-state index is -0.520. The van der Waals surface area contributed by atoms with E-state index in [1.54, 1.807) is 9.80 Å². The van der Waals surface area contributed by atoms with Crippen LogP contribution in [-0.4, -0.2) is 60.5 Å². The van der Waals surface area contributed by atoms with E-state index in [1.165, 1.54) is 0 Å². The summed E-state index contributed by atoms with van der Waals surface area (Å²) in [7, 11) is 0. The molecule has 1 N–H and O–H groups in total. The van der Waals surface area contributed by atoms with Crippen LogP contribution in [0.5, 0.6) is 5.75 Å². The molecule has 1 aromatic carbocycles. The fraction of sp³-hybridized carbons (Fsp3) is 0.619. The van der Waals surface area contributed by atoms with E-state index in [2.05, 4.69) is 0 Å². The first-order valence-corrected chi connectivity index (χ1v) is 9.85. The van der Waals surface area contributed by atoms with Gasteiger partial charge in [0, 0.05) is 26.2 Å². The van der Waals surface area contributed by atoms with Crippen LogP contribution in [0.1, 0.15) is 38.8 Å². The predicted molar refractivity (Wildman–Crippen MR) is 106 cm³/mol. The zero-order valence-electron chi connectivity index (χ0n) is 17.2. The maximum absolute atomic E-state index is 12.4. The molecule has 0 fully saturated rings. The molecule has 28 heavy (non-hydrogen) atoms. The largest absolute Gasteiger partial charge is 0.482 e. The van der Waals surface area contributed by atoms with Gasteiger partial charge in [-0.2, -0.15) is 0 Å². The smallest absolute Gasteiger partial charge is 0.410 e. The lowest BCUT2D eigenvalue weighted by Gasteiger charge is -2.32. The summed E-state index contributed by atoms with van der Waals surface area (Å²) in [4.78, 5) is 28.2. The lowest BCUT2D eigenvalue weighted by Crippen LogP contribution is -2.42. The molecule has 1 aromatic rings. The monoisotopic (exact) mass is 390 g/mol. The van der Waals surface area contributed by atoms with E-state index >= 15 is 0 Å². The highest BCUT2D eigenvalue weighted by atomic mass is 16.6. The highest BCUT2D eigenvalue weighted by Gasteiger charge is 2.30. The Bertz CT molecular complexity index is 756. The summed E-state index contributed by atoms with van der Waals surface area (Å²) in [5.41, 5.74) is 2.48. The number of anilines is 1. The quantitative estimate of drug-likeness (QED) is 0.857. The lowest BCUT2D eigenvalue weighted by atomic mass is 10.00. The summed E-state index contributed by atoms with van der Waals surface area (Å²) in [5, 5.41) is 9.37. The molecule has 1 atom stereocenters. The van der Waals surface area contributed by atoms with Crippen molar-refractivity contribution in [3.8, 4) is 5.75 Å². The summed E-state index contributed by atoms with van der Waals surface area (Å²) in [5.74, 6) is 0.572. The predicted octanol–water partition coefficient (Wildman–Crippen LogP) is 2.38. The minimum absolute atomic E-state index is 0.00791. The number of hydrogen-bond donors (Lipinski definition) is 1. The third-order valence-corrected chi connectivity index (χ3v) is 4.98. The number of carbonyl (C=O) groups is 2. The number of hydrogen-bond acceptors (Lipinski definition) is 5. The van der Waals surface area contributed by atoms with Gasteiger partial charge in [-0.1, -0.05) is 6.92 Å². The second-order valence-electron chi connectivity index (χ2n) is 8.64. The van der Waals surface area contributed by atoms with Crippen LogP contribution in [0, 0.1) is 5.92 Å². The second kappa shape index (κ2) is 7.99. The van der Waals surface area contributed by atoms with Crippen LogP contribution in [0.25, 0.3) is 0 Å². The molecule has 154 valence electrons. The van der Waals surface area contributed by atoms with E-state index in [9.17, 15) is 14.7 Å². The molecule has 3 rings (SSSR count). The van der Waals surface area contributed by atoms with Crippen molar-refractivity contribution in [1.82, 2.24) is 4.90 Å². The van der Waals surface area contributed by atoms with Crippen LogP contribution in [0.3, 0.4) is 0 Å². The maximum atomic E-state index is 12.4. The van der Waals surface area contributed by atoms with Crippen molar-refractivity contribution in [2.75, 3.05) is 37.7 Å². The fourth-order valence-electron chi connectivity index (χ4n) is 3.50. The Morgan fingerprint density at radius 1 is 1.25 bits per heavy atom. The Morgan fingerprint density at radius 2 is 1.89 bits per heavy atom. The molecule has 0 radical (unpaired) electrons. The van der Waals surface area contributed by atoms with Gasteiger partial charge in [0.1, 0.15) is 11.4 Å². The van der Waals surface area contributed by atoms with Crippen LogP contribution in [0.2, 0.25) is 0 Å². The van der Waals surface area contributed by atoms with Gasteiger partial charge in [0.15, 0.2) is 6.61 Å². The molecule has 2 heterocycles. The van der Waals surface area contributed by atoms with Crippen molar-refractivity contribution in [2.45, 2.75) is 46.1 Å². The molecule has 0 spiro atoms. The number of ether oxygens (including phenoxy) is 2. The number of aliphatic hydroxyl groups is 1. The molecule has 0 unspecified atom stereocenters. The van der Waals surface area contributed by atoms with Gasteiger partial charge in [0.05, 0.1) is 5.69 Å². The molecular weight excluding hydrogens is 360 g/mol. The zero-order valence-corrected chi connectivity index (χ0v) is 17.2. The summed E-state index contributed by atoms with van der Waals surface area (Å²) < 4.78 is 11.2. The Hall–Kier alpha value is -2.28. The molecule has 7 heteroatoms. The molecule has 7 nitrogen and oxygen atoms in total. The van der Waals surface area contributed by atoms with Crippen molar-refractivity contribution >= 4 is 17.7 Å².